The first-order valence-electron chi connectivity index (χ1n) is 33.1. The Kier molecular flexibility index (Phi) is 47.5. The summed E-state index contributed by atoms with van der Waals surface area (Å²) >= 11 is 0. The fourth-order valence-electron chi connectivity index (χ4n) is 11.0. The fourth-order valence-corrected chi connectivity index (χ4v) is 11.0. The molecule has 0 bridgehead atoms. The van der Waals surface area contributed by atoms with Crippen molar-refractivity contribution in [3.05, 3.63) is 0 Å². The van der Waals surface area contributed by atoms with E-state index in [-0.39, 0.29) is 26.1 Å². The van der Waals surface area contributed by atoms with Crippen LogP contribution in [0.1, 0.15) is 303 Å². The number of ether oxygens (including phenoxy) is 6. The third kappa shape index (κ3) is 37.4. The average Bonchev–Trinajstić information content (AvgIpc) is 3.53. The van der Waals surface area contributed by atoms with Crippen LogP contribution in [0.4, 0.5) is 0 Å². The Hall–Kier alpha value is -1.50. The normalized spacial score (nSPS) is 23.8. The number of hydrogen-bond donors (Lipinski definition) is 7. The second-order valence-corrected chi connectivity index (χ2v) is 23.7. The van der Waals surface area contributed by atoms with E-state index in [1.165, 1.54) is 225 Å². The zero-order chi connectivity index (χ0) is 57.4. The van der Waals surface area contributed by atoms with Gasteiger partial charge in [0, 0.05) is 12.8 Å². The lowest BCUT2D eigenvalue weighted by atomic mass is 9.98. The van der Waals surface area contributed by atoms with Gasteiger partial charge in [-0.15, -0.1) is 0 Å². The van der Waals surface area contributed by atoms with Gasteiger partial charge in [-0.1, -0.05) is 277 Å². The third-order valence-electron chi connectivity index (χ3n) is 16.3. The van der Waals surface area contributed by atoms with Crippen LogP contribution in [0.15, 0.2) is 0 Å². The van der Waals surface area contributed by atoms with Gasteiger partial charge < -0.3 is 64.2 Å². The maximum absolute atomic E-state index is 13.1. The molecule has 0 aliphatic carbocycles. The van der Waals surface area contributed by atoms with Crippen LogP contribution < -0.4 is 0 Å². The lowest BCUT2D eigenvalue weighted by Crippen LogP contribution is -2.61. The molecular formula is C64H122O15. The van der Waals surface area contributed by atoms with Crippen molar-refractivity contribution in [2.24, 2.45) is 0 Å². The SMILES string of the molecule is CCCCCCCCCCCCCCCCCCCCCCCCC(=O)OC[C@@H](CO[C@@H]1O[C@H](CO[C@@H]2O[C@H](CO)[C@H](O)C(O)C2O)[C@H](O)C(O)C1O)OC(=O)CCCCCCCCCCCCCCCCCCCCCCC. The molecule has 0 spiro atoms. The summed E-state index contributed by atoms with van der Waals surface area (Å²) in [5.74, 6) is -0.898. The lowest BCUT2D eigenvalue weighted by Gasteiger charge is -2.42. The number of rotatable bonds is 55. The van der Waals surface area contributed by atoms with Crippen molar-refractivity contribution in [1.29, 1.82) is 0 Å². The maximum Gasteiger partial charge on any atom is 0.306 e. The highest BCUT2D eigenvalue weighted by Crippen LogP contribution is 2.27. The van der Waals surface area contributed by atoms with Gasteiger partial charge in [0.25, 0.3) is 0 Å². The van der Waals surface area contributed by atoms with Crippen LogP contribution in [-0.2, 0) is 38.0 Å². The zero-order valence-electron chi connectivity index (χ0n) is 50.4. The fraction of sp³-hybridized carbons (Fsp3) is 0.969. The first-order chi connectivity index (χ1) is 38.5. The van der Waals surface area contributed by atoms with Crippen molar-refractivity contribution in [3.8, 4) is 0 Å². The Balaban J connectivity index is 1.68. The summed E-state index contributed by atoms with van der Waals surface area (Å²) in [5.41, 5.74) is 0. The smallest absolute Gasteiger partial charge is 0.306 e. The molecule has 2 heterocycles. The van der Waals surface area contributed by atoms with Gasteiger partial charge in [-0.25, -0.2) is 0 Å². The monoisotopic (exact) mass is 1130 g/mol. The van der Waals surface area contributed by atoms with Crippen LogP contribution in [0.3, 0.4) is 0 Å². The Bertz CT molecular complexity index is 1370. The molecule has 4 unspecified atom stereocenters. The maximum atomic E-state index is 13.1. The molecule has 2 saturated heterocycles. The molecule has 11 atom stereocenters. The topological polar surface area (TPSA) is 231 Å². The van der Waals surface area contributed by atoms with Gasteiger partial charge in [0.1, 0.15) is 55.4 Å². The van der Waals surface area contributed by atoms with Crippen molar-refractivity contribution in [2.45, 2.75) is 370 Å². The first kappa shape index (κ1) is 73.6. The minimum atomic E-state index is -1.76. The minimum Gasteiger partial charge on any atom is -0.462 e. The molecule has 0 amide bonds. The number of esters is 2. The highest BCUT2D eigenvalue weighted by atomic mass is 16.7. The lowest BCUT2D eigenvalue weighted by molar-refractivity contribution is -0.332. The van der Waals surface area contributed by atoms with Crippen molar-refractivity contribution in [1.82, 2.24) is 0 Å². The second-order valence-electron chi connectivity index (χ2n) is 23.7. The van der Waals surface area contributed by atoms with E-state index >= 15 is 0 Å². The third-order valence-corrected chi connectivity index (χ3v) is 16.3. The Morgan fingerprint density at radius 3 is 0.987 bits per heavy atom. The highest BCUT2D eigenvalue weighted by Gasteiger charge is 2.47. The largest absolute Gasteiger partial charge is 0.462 e. The van der Waals surface area contributed by atoms with E-state index in [1.54, 1.807) is 0 Å². The summed E-state index contributed by atoms with van der Waals surface area (Å²) in [6.45, 7) is 2.69. The first-order valence-corrected chi connectivity index (χ1v) is 33.1. The summed E-state index contributed by atoms with van der Waals surface area (Å²) in [4.78, 5) is 26.0. The number of unbranched alkanes of at least 4 members (excludes halogenated alkanes) is 41. The van der Waals surface area contributed by atoms with Gasteiger partial charge >= 0.3 is 11.9 Å². The van der Waals surface area contributed by atoms with Gasteiger partial charge in [-0.05, 0) is 12.8 Å². The van der Waals surface area contributed by atoms with E-state index in [0.29, 0.717) is 12.8 Å². The molecule has 15 heteroatoms. The van der Waals surface area contributed by atoms with E-state index in [4.69, 9.17) is 28.4 Å². The van der Waals surface area contributed by atoms with Crippen LogP contribution in [-0.4, -0.2) is 142 Å². The Labute approximate surface area is 480 Å². The van der Waals surface area contributed by atoms with Crippen LogP contribution in [0.25, 0.3) is 0 Å². The summed E-state index contributed by atoms with van der Waals surface area (Å²) in [6, 6.07) is 0. The van der Waals surface area contributed by atoms with E-state index in [0.717, 1.165) is 38.5 Å². The minimum absolute atomic E-state index is 0.174. The van der Waals surface area contributed by atoms with Crippen molar-refractivity contribution in [3.63, 3.8) is 0 Å². The summed E-state index contributed by atoms with van der Waals surface area (Å²) in [5, 5.41) is 72.5. The molecule has 0 saturated carbocycles. The number of carbonyl (C=O) groups excluding carboxylic acids is 2. The summed E-state index contributed by atoms with van der Waals surface area (Å²) in [6.07, 6.45) is 38.4. The van der Waals surface area contributed by atoms with Gasteiger partial charge in [-0.3, -0.25) is 9.59 Å². The molecule has 2 fully saturated rings. The molecule has 2 aliphatic rings. The number of aliphatic hydroxyl groups is 7. The standard InChI is InChI=1S/C64H122O15/c1-3-5-7-9-11-13-15-17-19-21-23-25-27-28-30-32-34-36-38-40-42-44-46-55(66)74-49-52(50-75-63-62(73)60(71)58(69)54(79-63)51-76-64-61(72)59(70)57(68)53(48-65)78-64)77-56(67)47-45-43-41-39-37-35-33-31-29-26-24-22-20-18-16-14-12-10-8-6-4-2/h52-54,57-65,68-73H,3-51H2,1-2H3/t52-,53+,54+,57-,58-,59?,60?,61?,62?,63+,64+/m0/s1. The Morgan fingerprint density at radius 1 is 0.354 bits per heavy atom. The summed E-state index contributed by atoms with van der Waals surface area (Å²) in [7, 11) is 0. The molecule has 2 rings (SSSR count). The molecule has 0 aromatic carbocycles. The van der Waals surface area contributed by atoms with Crippen LogP contribution >= 0.6 is 0 Å². The molecule has 0 aromatic heterocycles. The van der Waals surface area contributed by atoms with E-state index in [1.807, 2.05) is 0 Å². The van der Waals surface area contributed by atoms with E-state index < -0.39 is 92.7 Å². The van der Waals surface area contributed by atoms with Crippen LogP contribution in [0.5, 0.6) is 0 Å². The molecule has 0 radical (unpaired) electrons. The quantitative estimate of drug-likeness (QED) is 0.0222. The predicted molar refractivity (Wildman–Crippen MR) is 312 cm³/mol. The summed E-state index contributed by atoms with van der Waals surface area (Å²) < 4.78 is 33.8. The van der Waals surface area contributed by atoms with Crippen molar-refractivity contribution in [2.75, 3.05) is 26.4 Å². The van der Waals surface area contributed by atoms with Crippen LogP contribution in [0, 0.1) is 0 Å². The van der Waals surface area contributed by atoms with Gasteiger partial charge in [-0.2, -0.15) is 0 Å². The van der Waals surface area contributed by atoms with Crippen molar-refractivity contribution >= 4 is 11.9 Å². The molecule has 0 aromatic rings. The number of carbonyl (C=O) groups is 2. The number of aliphatic hydroxyl groups excluding tert-OH is 7. The van der Waals surface area contributed by atoms with Gasteiger partial charge in [0.05, 0.1) is 19.8 Å². The molecule has 7 N–H and O–H groups in total. The van der Waals surface area contributed by atoms with Crippen molar-refractivity contribution < 1.29 is 73.8 Å². The second kappa shape index (κ2) is 51.0. The van der Waals surface area contributed by atoms with Crippen LogP contribution in [0.2, 0.25) is 0 Å². The molecule has 468 valence electrons. The van der Waals surface area contributed by atoms with E-state index in [9.17, 15) is 45.3 Å². The molecular weight excluding hydrogens is 1010 g/mol. The van der Waals surface area contributed by atoms with E-state index in [2.05, 4.69) is 13.8 Å². The average molecular weight is 1130 g/mol. The molecule has 79 heavy (non-hydrogen) atoms. The highest BCUT2D eigenvalue weighted by molar-refractivity contribution is 5.70. The Morgan fingerprint density at radius 2 is 0.646 bits per heavy atom. The molecule has 15 nitrogen and oxygen atoms in total. The van der Waals surface area contributed by atoms with Gasteiger partial charge in [0.15, 0.2) is 18.7 Å². The molecule has 2 aliphatic heterocycles. The zero-order valence-corrected chi connectivity index (χ0v) is 50.4. The number of hydrogen-bond acceptors (Lipinski definition) is 15. The predicted octanol–water partition coefficient (Wildman–Crippen LogP) is 12.7. The van der Waals surface area contributed by atoms with Gasteiger partial charge in [0.2, 0.25) is 0 Å².